The third-order valence-electron chi connectivity index (χ3n) is 2.80. The van der Waals surface area contributed by atoms with Crippen molar-refractivity contribution in [2.75, 3.05) is 12.4 Å². The van der Waals surface area contributed by atoms with E-state index in [-0.39, 0.29) is 24.3 Å². The van der Waals surface area contributed by atoms with Gasteiger partial charge in [-0.15, -0.1) is 0 Å². The quantitative estimate of drug-likeness (QED) is 0.626. The van der Waals surface area contributed by atoms with Gasteiger partial charge < -0.3 is 20.9 Å². The fraction of sp³-hybridized carbons (Fsp3) is 0.357. The van der Waals surface area contributed by atoms with Gasteiger partial charge in [0.15, 0.2) is 0 Å². The number of methoxy groups -OCH3 is 1. The maximum Gasteiger partial charge on any atom is 0.303 e. The summed E-state index contributed by atoms with van der Waals surface area (Å²) in [6, 6.07) is 4.49. The van der Waals surface area contributed by atoms with Crippen LogP contribution < -0.4 is 15.8 Å². The Hall–Kier alpha value is -2.57. The van der Waals surface area contributed by atoms with Crippen LogP contribution in [-0.2, 0) is 9.59 Å². The van der Waals surface area contributed by atoms with Crippen molar-refractivity contribution in [2.45, 2.75) is 25.7 Å². The average Bonchev–Trinajstić information content (AvgIpc) is 2.43. The van der Waals surface area contributed by atoms with Crippen molar-refractivity contribution in [2.24, 2.45) is 5.73 Å². The summed E-state index contributed by atoms with van der Waals surface area (Å²) in [6.07, 6.45) is 1.13. The Morgan fingerprint density at radius 2 is 1.90 bits per heavy atom. The maximum atomic E-state index is 11.8. The monoisotopic (exact) mass is 294 g/mol. The molecule has 2 amide bonds. The highest BCUT2D eigenvalue weighted by Gasteiger charge is 2.11. The smallest absolute Gasteiger partial charge is 0.303 e. The lowest BCUT2D eigenvalue weighted by molar-refractivity contribution is -0.137. The number of ether oxygens (including phenoxy) is 1. The lowest BCUT2D eigenvalue weighted by atomic mass is 10.1. The number of carbonyl (C=O) groups is 3. The Morgan fingerprint density at radius 3 is 2.48 bits per heavy atom. The Bertz CT molecular complexity index is 542. The summed E-state index contributed by atoms with van der Waals surface area (Å²) in [6.45, 7) is 0. The van der Waals surface area contributed by atoms with Crippen LogP contribution in [0.2, 0.25) is 0 Å². The highest BCUT2D eigenvalue weighted by atomic mass is 16.5. The predicted molar refractivity (Wildman–Crippen MR) is 76.2 cm³/mol. The van der Waals surface area contributed by atoms with Crippen molar-refractivity contribution in [1.29, 1.82) is 0 Å². The molecule has 0 radical (unpaired) electrons. The number of carboxylic acids is 1. The second-order valence-corrected chi connectivity index (χ2v) is 4.43. The molecule has 0 saturated carbocycles. The number of carbonyl (C=O) groups excluding carboxylic acids is 2. The number of unbranched alkanes of at least 4 members (excludes halogenated alkanes) is 1. The molecule has 0 heterocycles. The molecule has 0 unspecified atom stereocenters. The van der Waals surface area contributed by atoms with Crippen LogP contribution in [0, 0.1) is 0 Å². The van der Waals surface area contributed by atoms with Gasteiger partial charge in [0.25, 0.3) is 0 Å². The van der Waals surface area contributed by atoms with Gasteiger partial charge in [0, 0.05) is 18.4 Å². The number of hydrogen-bond acceptors (Lipinski definition) is 4. The molecule has 0 aliphatic heterocycles. The van der Waals surface area contributed by atoms with Crippen molar-refractivity contribution in [3.05, 3.63) is 23.8 Å². The first-order valence-electron chi connectivity index (χ1n) is 6.43. The minimum absolute atomic E-state index is 0.0355. The molecular formula is C14H18N2O5. The Balaban J connectivity index is 2.63. The number of nitrogens with one attached hydrogen (secondary N) is 1. The van der Waals surface area contributed by atoms with Gasteiger partial charge in [0.1, 0.15) is 5.75 Å². The van der Waals surface area contributed by atoms with E-state index in [9.17, 15) is 14.4 Å². The zero-order chi connectivity index (χ0) is 15.8. The molecule has 1 aromatic rings. The highest BCUT2D eigenvalue weighted by molar-refractivity contribution is 5.97. The fourth-order valence-corrected chi connectivity index (χ4v) is 1.73. The van der Waals surface area contributed by atoms with Gasteiger partial charge in [-0.05, 0) is 31.0 Å². The van der Waals surface area contributed by atoms with Gasteiger partial charge in [-0.2, -0.15) is 0 Å². The van der Waals surface area contributed by atoms with Crippen molar-refractivity contribution in [1.82, 2.24) is 0 Å². The highest BCUT2D eigenvalue weighted by Crippen LogP contribution is 2.25. The third kappa shape index (κ3) is 5.52. The van der Waals surface area contributed by atoms with Gasteiger partial charge in [0.05, 0.1) is 12.8 Å². The number of primary amides is 1. The van der Waals surface area contributed by atoms with Gasteiger partial charge in [-0.25, -0.2) is 0 Å². The topological polar surface area (TPSA) is 119 Å². The fourth-order valence-electron chi connectivity index (χ4n) is 1.73. The van der Waals surface area contributed by atoms with Crippen LogP contribution in [0.1, 0.15) is 36.0 Å². The molecule has 0 saturated heterocycles. The third-order valence-corrected chi connectivity index (χ3v) is 2.80. The molecule has 1 rings (SSSR count). The van der Waals surface area contributed by atoms with E-state index in [4.69, 9.17) is 15.6 Å². The SMILES string of the molecule is COc1ccc(C(N)=O)cc1NC(=O)CCCCC(=O)O. The Kier molecular flexibility index (Phi) is 6.19. The van der Waals surface area contributed by atoms with Crippen molar-refractivity contribution in [3.63, 3.8) is 0 Å². The van der Waals surface area contributed by atoms with Crippen LogP contribution in [0.25, 0.3) is 0 Å². The van der Waals surface area contributed by atoms with E-state index >= 15 is 0 Å². The van der Waals surface area contributed by atoms with Gasteiger partial charge in [-0.1, -0.05) is 0 Å². The largest absolute Gasteiger partial charge is 0.495 e. The van der Waals surface area contributed by atoms with Crippen molar-refractivity contribution < 1.29 is 24.2 Å². The van der Waals surface area contributed by atoms with E-state index in [1.165, 1.54) is 19.2 Å². The molecule has 0 fully saturated rings. The predicted octanol–water partition coefficient (Wildman–Crippen LogP) is 1.38. The number of hydrogen-bond donors (Lipinski definition) is 3. The minimum atomic E-state index is -0.883. The lowest BCUT2D eigenvalue weighted by Crippen LogP contribution is -2.15. The molecule has 0 bridgehead atoms. The summed E-state index contributed by atoms with van der Waals surface area (Å²) in [5.41, 5.74) is 5.80. The van der Waals surface area contributed by atoms with E-state index in [2.05, 4.69) is 5.32 Å². The number of carboxylic acid groups (broad SMARTS) is 1. The van der Waals surface area contributed by atoms with Gasteiger partial charge in [0.2, 0.25) is 11.8 Å². The van der Waals surface area contributed by atoms with Crippen molar-refractivity contribution >= 4 is 23.5 Å². The standard InChI is InChI=1S/C14H18N2O5/c1-21-11-7-6-9(14(15)20)8-10(11)16-12(17)4-2-3-5-13(18)19/h6-8H,2-5H2,1H3,(H2,15,20)(H,16,17)(H,18,19). The second kappa shape index (κ2) is 7.88. The zero-order valence-corrected chi connectivity index (χ0v) is 11.7. The van der Waals surface area contributed by atoms with E-state index in [0.29, 0.717) is 24.3 Å². The van der Waals surface area contributed by atoms with Gasteiger partial charge in [-0.3, -0.25) is 14.4 Å². The molecule has 21 heavy (non-hydrogen) atoms. The van der Waals surface area contributed by atoms with Crippen LogP contribution in [-0.4, -0.2) is 30.0 Å². The molecule has 114 valence electrons. The van der Waals surface area contributed by atoms with Gasteiger partial charge >= 0.3 is 5.97 Å². The molecule has 0 aliphatic rings. The first-order chi connectivity index (χ1) is 9.93. The number of anilines is 1. The number of rotatable bonds is 8. The van der Waals surface area contributed by atoms with Crippen LogP contribution >= 0.6 is 0 Å². The number of aliphatic carboxylic acids is 1. The molecule has 0 atom stereocenters. The first kappa shape index (κ1) is 16.5. The minimum Gasteiger partial charge on any atom is -0.495 e. The molecule has 0 aliphatic carbocycles. The molecule has 7 nitrogen and oxygen atoms in total. The van der Waals surface area contributed by atoms with Crippen molar-refractivity contribution in [3.8, 4) is 5.75 Å². The molecular weight excluding hydrogens is 276 g/mol. The Labute approximate surface area is 122 Å². The second-order valence-electron chi connectivity index (χ2n) is 4.43. The van der Waals surface area contributed by atoms with Crippen LogP contribution in [0.4, 0.5) is 5.69 Å². The number of benzene rings is 1. The molecule has 4 N–H and O–H groups in total. The Morgan fingerprint density at radius 1 is 1.24 bits per heavy atom. The van der Waals surface area contributed by atoms with E-state index in [0.717, 1.165) is 0 Å². The van der Waals surface area contributed by atoms with E-state index < -0.39 is 11.9 Å². The zero-order valence-electron chi connectivity index (χ0n) is 11.7. The summed E-state index contributed by atoms with van der Waals surface area (Å²) in [5, 5.41) is 11.1. The van der Waals surface area contributed by atoms with E-state index in [1.807, 2.05) is 0 Å². The summed E-state index contributed by atoms with van der Waals surface area (Å²) < 4.78 is 5.09. The summed E-state index contributed by atoms with van der Waals surface area (Å²) >= 11 is 0. The number of amides is 2. The van der Waals surface area contributed by atoms with Crippen LogP contribution in [0.15, 0.2) is 18.2 Å². The van der Waals surface area contributed by atoms with E-state index in [1.54, 1.807) is 6.07 Å². The molecule has 1 aromatic carbocycles. The normalized spacial score (nSPS) is 9.95. The van der Waals surface area contributed by atoms with Crippen LogP contribution in [0.3, 0.4) is 0 Å². The summed E-state index contributed by atoms with van der Waals surface area (Å²) in [5.74, 6) is -1.35. The maximum absolute atomic E-state index is 11.8. The summed E-state index contributed by atoms with van der Waals surface area (Å²) in [7, 11) is 1.45. The average molecular weight is 294 g/mol. The first-order valence-corrected chi connectivity index (χ1v) is 6.43. The molecule has 0 aromatic heterocycles. The summed E-state index contributed by atoms with van der Waals surface area (Å²) in [4.78, 5) is 33.3. The lowest BCUT2D eigenvalue weighted by Gasteiger charge is -2.11. The molecule has 7 heteroatoms. The number of nitrogens with two attached hydrogens (primary N) is 1. The molecule has 0 spiro atoms. The van der Waals surface area contributed by atoms with Crippen LogP contribution in [0.5, 0.6) is 5.75 Å².